The molecule has 1 N–H and O–H groups in total. The van der Waals surface area contributed by atoms with Gasteiger partial charge in [-0.25, -0.2) is 12.4 Å². The van der Waals surface area contributed by atoms with E-state index in [0.717, 1.165) is 31.0 Å². The van der Waals surface area contributed by atoms with Crippen LogP contribution in [0.3, 0.4) is 0 Å². The van der Waals surface area contributed by atoms with E-state index in [1.165, 1.54) is 29.4 Å². The van der Waals surface area contributed by atoms with Gasteiger partial charge in [0.25, 0.3) is 10.0 Å². The fourth-order valence-electron chi connectivity index (χ4n) is 4.44. The van der Waals surface area contributed by atoms with Crippen LogP contribution < -0.4 is 10.2 Å². The minimum absolute atomic E-state index is 0.0926. The van der Waals surface area contributed by atoms with E-state index in [1.54, 1.807) is 30.5 Å². The molecule has 2 aromatic rings. The van der Waals surface area contributed by atoms with E-state index in [-0.39, 0.29) is 9.92 Å². The van der Waals surface area contributed by atoms with Gasteiger partial charge in [-0.2, -0.15) is 0 Å². The van der Waals surface area contributed by atoms with Crippen LogP contribution >= 0.6 is 11.6 Å². The molecule has 2 fully saturated rings. The highest BCUT2D eigenvalue weighted by atomic mass is 35.5. The molecular weight excluding hydrogens is 408 g/mol. The number of piperazine rings is 1. The van der Waals surface area contributed by atoms with Crippen LogP contribution in [0.1, 0.15) is 25.5 Å². The Kier molecular flexibility index (Phi) is 5.64. The fraction of sp³-hybridized carbons (Fsp3) is 0.429. The number of benzene rings is 1. The third-order valence-corrected chi connectivity index (χ3v) is 8.01. The number of nitrogens with zero attached hydrogens (tertiary/aromatic N) is 3. The van der Waals surface area contributed by atoms with Gasteiger partial charge in [0.05, 0.1) is 22.1 Å². The fourth-order valence-corrected chi connectivity index (χ4v) is 6.31. The average molecular weight is 435 g/mol. The SMILES string of the molecule is C=Cc1c(NCC)c(N2CCN3CCCC3C2)cn1S(=O)(=O)c1ccccc1Cl. The Balaban J connectivity index is 1.80. The predicted octanol–water partition coefficient (Wildman–Crippen LogP) is 3.74. The maximum absolute atomic E-state index is 13.4. The maximum Gasteiger partial charge on any atom is 0.269 e. The van der Waals surface area contributed by atoms with Crippen molar-refractivity contribution in [2.24, 2.45) is 0 Å². The van der Waals surface area contributed by atoms with Gasteiger partial charge in [-0.05, 0) is 44.5 Å². The van der Waals surface area contributed by atoms with Crippen LogP contribution in [0, 0.1) is 0 Å². The molecule has 156 valence electrons. The number of halogens is 1. The number of fused-ring (bicyclic) bond motifs is 1. The van der Waals surface area contributed by atoms with Gasteiger partial charge in [0, 0.05) is 38.4 Å². The second-order valence-corrected chi connectivity index (χ2v) is 9.71. The molecule has 0 bridgehead atoms. The van der Waals surface area contributed by atoms with Gasteiger partial charge in [0.1, 0.15) is 4.90 Å². The van der Waals surface area contributed by atoms with Gasteiger partial charge in [0.15, 0.2) is 0 Å². The normalized spacial score (nSPS) is 19.9. The zero-order valence-corrected chi connectivity index (χ0v) is 18.2. The van der Waals surface area contributed by atoms with Crippen molar-refractivity contribution in [1.29, 1.82) is 0 Å². The highest BCUT2D eigenvalue weighted by Crippen LogP contribution is 2.38. The smallest absolute Gasteiger partial charge is 0.269 e. The second-order valence-electron chi connectivity index (χ2n) is 7.52. The Morgan fingerprint density at radius 1 is 1.28 bits per heavy atom. The molecule has 1 aromatic carbocycles. The summed E-state index contributed by atoms with van der Waals surface area (Å²) in [6.07, 6.45) is 5.75. The van der Waals surface area contributed by atoms with E-state index in [9.17, 15) is 8.42 Å². The largest absolute Gasteiger partial charge is 0.382 e. The molecule has 0 radical (unpaired) electrons. The molecule has 0 spiro atoms. The van der Waals surface area contributed by atoms with Crippen LogP contribution in [0.15, 0.2) is 41.9 Å². The lowest BCUT2D eigenvalue weighted by molar-refractivity contribution is 0.231. The standard InChI is InChI=1S/C21H27ClN4O2S/c1-3-18-21(23-4-2)19(25-13-12-24-11-7-8-16(24)14-25)15-26(18)29(27,28)20-10-6-5-9-17(20)22/h3,5-6,9-10,15-16,23H,1,4,7-8,11-14H2,2H3. The summed E-state index contributed by atoms with van der Waals surface area (Å²) in [4.78, 5) is 4.93. The molecule has 0 saturated carbocycles. The molecule has 0 aliphatic carbocycles. The lowest BCUT2D eigenvalue weighted by Gasteiger charge is -2.38. The van der Waals surface area contributed by atoms with Crippen LogP contribution in [0.2, 0.25) is 5.02 Å². The predicted molar refractivity (Wildman–Crippen MR) is 120 cm³/mol. The molecule has 8 heteroatoms. The third-order valence-electron chi connectivity index (χ3n) is 5.84. The van der Waals surface area contributed by atoms with E-state index >= 15 is 0 Å². The Hall–Kier alpha value is -1.96. The molecule has 6 nitrogen and oxygen atoms in total. The van der Waals surface area contributed by atoms with Gasteiger partial charge >= 0.3 is 0 Å². The summed E-state index contributed by atoms with van der Waals surface area (Å²) >= 11 is 6.22. The van der Waals surface area contributed by atoms with Crippen molar-refractivity contribution < 1.29 is 8.42 Å². The Labute approximate surface area is 177 Å². The van der Waals surface area contributed by atoms with Crippen LogP contribution in [0.5, 0.6) is 0 Å². The van der Waals surface area contributed by atoms with Gasteiger partial charge in [-0.15, -0.1) is 0 Å². The van der Waals surface area contributed by atoms with E-state index in [1.807, 2.05) is 6.92 Å². The lowest BCUT2D eigenvalue weighted by Crippen LogP contribution is -2.50. The zero-order chi connectivity index (χ0) is 20.6. The Bertz CT molecular complexity index is 1020. The molecule has 3 heterocycles. The summed E-state index contributed by atoms with van der Waals surface area (Å²) < 4.78 is 28.2. The number of aromatic nitrogens is 1. The zero-order valence-electron chi connectivity index (χ0n) is 16.6. The highest BCUT2D eigenvalue weighted by Gasteiger charge is 2.34. The van der Waals surface area contributed by atoms with E-state index < -0.39 is 10.0 Å². The average Bonchev–Trinajstić information content (AvgIpc) is 3.32. The summed E-state index contributed by atoms with van der Waals surface area (Å²) in [5, 5.41) is 3.58. The first-order chi connectivity index (χ1) is 14.0. The van der Waals surface area contributed by atoms with Crippen molar-refractivity contribution >= 4 is 39.1 Å². The molecule has 1 aromatic heterocycles. The van der Waals surface area contributed by atoms with Crippen molar-refractivity contribution in [3.05, 3.63) is 47.8 Å². The second kappa shape index (κ2) is 8.05. The molecule has 1 unspecified atom stereocenters. The van der Waals surface area contributed by atoms with Gasteiger partial charge in [-0.3, -0.25) is 4.90 Å². The van der Waals surface area contributed by atoms with Gasteiger partial charge in [-0.1, -0.05) is 30.3 Å². The monoisotopic (exact) mass is 434 g/mol. The van der Waals surface area contributed by atoms with Gasteiger partial charge < -0.3 is 10.2 Å². The molecule has 2 aliphatic rings. The minimum atomic E-state index is -3.85. The number of anilines is 2. The summed E-state index contributed by atoms with van der Waals surface area (Å²) in [6, 6.07) is 7.07. The molecule has 1 atom stereocenters. The van der Waals surface area contributed by atoms with E-state index in [4.69, 9.17) is 11.6 Å². The quantitative estimate of drug-likeness (QED) is 0.750. The summed E-state index contributed by atoms with van der Waals surface area (Å²) in [7, 11) is -3.85. The third kappa shape index (κ3) is 3.56. The molecule has 4 rings (SSSR count). The van der Waals surface area contributed by atoms with Crippen molar-refractivity contribution in [1.82, 2.24) is 8.87 Å². The number of hydrogen-bond acceptors (Lipinski definition) is 5. The first-order valence-electron chi connectivity index (χ1n) is 10.1. The summed E-state index contributed by atoms with van der Waals surface area (Å²) in [5.74, 6) is 0. The van der Waals surface area contributed by atoms with Crippen molar-refractivity contribution in [3.8, 4) is 0 Å². The van der Waals surface area contributed by atoms with E-state index in [0.29, 0.717) is 18.3 Å². The summed E-state index contributed by atoms with van der Waals surface area (Å²) in [5.41, 5.74) is 2.25. The molecule has 29 heavy (non-hydrogen) atoms. The first kappa shape index (κ1) is 20.3. The topological polar surface area (TPSA) is 57.6 Å². The van der Waals surface area contributed by atoms with Crippen LogP contribution in [-0.4, -0.2) is 56.1 Å². The minimum Gasteiger partial charge on any atom is -0.382 e. The van der Waals surface area contributed by atoms with Crippen molar-refractivity contribution in [3.63, 3.8) is 0 Å². The van der Waals surface area contributed by atoms with Gasteiger partial charge in [0.2, 0.25) is 0 Å². The van der Waals surface area contributed by atoms with Crippen molar-refractivity contribution in [2.75, 3.05) is 42.9 Å². The lowest BCUT2D eigenvalue weighted by atomic mass is 10.1. The van der Waals surface area contributed by atoms with Crippen LogP contribution in [0.25, 0.3) is 6.08 Å². The molecular formula is C21H27ClN4O2S. The highest BCUT2D eigenvalue weighted by molar-refractivity contribution is 7.90. The van der Waals surface area contributed by atoms with Crippen LogP contribution in [0.4, 0.5) is 11.4 Å². The van der Waals surface area contributed by atoms with Crippen LogP contribution in [-0.2, 0) is 10.0 Å². The van der Waals surface area contributed by atoms with E-state index in [2.05, 4.69) is 21.7 Å². The number of hydrogen-bond donors (Lipinski definition) is 1. The Morgan fingerprint density at radius 3 is 2.79 bits per heavy atom. The van der Waals surface area contributed by atoms with Crippen molar-refractivity contribution in [2.45, 2.75) is 30.7 Å². The number of nitrogens with one attached hydrogen (secondary N) is 1. The molecule has 2 aliphatic heterocycles. The molecule has 2 saturated heterocycles. The number of rotatable bonds is 6. The maximum atomic E-state index is 13.4. The Morgan fingerprint density at radius 2 is 2.07 bits per heavy atom. The molecule has 0 amide bonds. The summed E-state index contributed by atoms with van der Waals surface area (Å²) in [6.45, 7) is 10.5. The first-order valence-corrected chi connectivity index (χ1v) is 11.9.